The zero-order valence-corrected chi connectivity index (χ0v) is 18.7. The lowest BCUT2D eigenvalue weighted by molar-refractivity contribution is 0.540. The fourth-order valence-corrected chi connectivity index (χ4v) is 6.32. The molecule has 0 atom stereocenters. The number of hydrogen-bond donors (Lipinski definition) is 0. The molecule has 5 nitrogen and oxygen atoms in total. The minimum absolute atomic E-state index is 0.116. The summed E-state index contributed by atoms with van der Waals surface area (Å²) in [4.78, 5) is 25.2. The fourth-order valence-electron chi connectivity index (χ4n) is 3.99. The van der Waals surface area contributed by atoms with Crippen LogP contribution in [0.2, 0.25) is 0 Å². The Balaban J connectivity index is 1.48. The zero-order chi connectivity index (χ0) is 20.7. The van der Waals surface area contributed by atoms with Crippen LogP contribution in [-0.4, -0.2) is 14.5 Å². The normalized spacial score (nSPS) is 13.3. The minimum Gasteiger partial charge on any atom is -0.441 e. The van der Waals surface area contributed by atoms with Crippen LogP contribution in [0.5, 0.6) is 0 Å². The van der Waals surface area contributed by atoms with Crippen molar-refractivity contribution < 1.29 is 4.42 Å². The summed E-state index contributed by atoms with van der Waals surface area (Å²) in [6, 6.07) is 9.92. The van der Waals surface area contributed by atoms with E-state index in [4.69, 9.17) is 14.4 Å². The molecule has 1 aliphatic rings. The van der Waals surface area contributed by atoms with Crippen LogP contribution in [0, 0.1) is 6.92 Å². The summed E-state index contributed by atoms with van der Waals surface area (Å²) in [5.41, 5.74) is 3.22. The smallest absolute Gasteiger partial charge is 0.263 e. The van der Waals surface area contributed by atoms with Crippen molar-refractivity contribution in [1.29, 1.82) is 0 Å². The molecule has 0 bridgehead atoms. The fraction of sp³-hybridized carbons (Fsp3) is 0.348. The summed E-state index contributed by atoms with van der Waals surface area (Å²) in [6.45, 7) is 4.72. The van der Waals surface area contributed by atoms with Gasteiger partial charge in [-0.2, -0.15) is 0 Å². The molecule has 0 unspecified atom stereocenters. The number of aryl methyl sites for hydroxylation is 3. The molecule has 0 radical (unpaired) electrons. The molecule has 7 heteroatoms. The van der Waals surface area contributed by atoms with E-state index in [2.05, 4.69) is 6.92 Å². The van der Waals surface area contributed by atoms with Gasteiger partial charge in [0.15, 0.2) is 5.16 Å². The van der Waals surface area contributed by atoms with E-state index in [0.717, 1.165) is 58.1 Å². The molecule has 0 N–H and O–H groups in total. The van der Waals surface area contributed by atoms with Gasteiger partial charge in [-0.3, -0.25) is 9.36 Å². The van der Waals surface area contributed by atoms with Crippen LogP contribution >= 0.6 is 23.1 Å². The minimum atomic E-state index is 0.116. The second kappa shape index (κ2) is 8.04. The molecule has 30 heavy (non-hydrogen) atoms. The number of thiophene rings is 1. The Labute approximate surface area is 183 Å². The quantitative estimate of drug-likeness (QED) is 0.290. The van der Waals surface area contributed by atoms with Gasteiger partial charge in [0.25, 0.3) is 5.56 Å². The number of rotatable bonds is 6. The predicted molar refractivity (Wildman–Crippen MR) is 122 cm³/mol. The van der Waals surface area contributed by atoms with Gasteiger partial charge in [0.2, 0.25) is 5.89 Å². The predicted octanol–water partition coefficient (Wildman–Crippen LogP) is 5.61. The third-order valence-electron chi connectivity index (χ3n) is 5.49. The standard InChI is InChI=1S/C23H23N3O2S2/c1-3-12-26-22(27)19-16-10-7-11-18(16)30-21(19)25-23(26)29-13-17-14(2)28-20(24-17)15-8-5-4-6-9-15/h4-6,8-9H,3,7,10-13H2,1-2H3. The molecule has 0 saturated carbocycles. The van der Waals surface area contributed by atoms with E-state index < -0.39 is 0 Å². The van der Waals surface area contributed by atoms with Crippen molar-refractivity contribution in [3.8, 4) is 11.5 Å². The van der Waals surface area contributed by atoms with Gasteiger partial charge in [-0.15, -0.1) is 11.3 Å². The van der Waals surface area contributed by atoms with E-state index in [-0.39, 0.29) is 5.56 Å². The Morgan fingerprint density at radius 3 is 2.83 bits per heavy atom. The van der Waals surface area contributed by atoms with Crippen molar-refractivity contribution in [3.63, 3.8) is 0 Å². The Hall–Kier alpha value is -2.38. The molecule has 3 heterocycles. The third-order valence-corrected chi connectivity index (χ3v) is 7.66. The lowest BCUT2D eigenvalue weighted by Gasteiger charge is -2.11. The number of benzene rings is 1. The van der Waals surface area contributed by atoms with Crippen LogP contribution in [0.15, 0.2) is 44.7 Å². The average molecular weight is 438 g/mol. The molecule has 3 aromatic heterocycles. The topological polar surface area (TPSA) is 60.9 Å². The van der Waals surface area contributed by atoms with E-state index in [1.54, 1.807) is 23.1 Å². The van der Waals surface area contributed by atoms with Gasteiger partial charge in [0.1, 0.15) is 10.6 Å². The van der Waals surface area contributed by atoms with Gasteiger partial charge in [-0.25, -0.2) is 9.97 Å². The van der Waals surface area contributed by atoms with Crippen LogP contribution in [0.25, 0.3) is 21.7 Å². The third kappa shape index (κ3) is 3.40. The summed E-state index contributed by atoms with van der Waals surface area (Å²) >= 11 is 3.26. The molecule has 0 spiro atoms. The van der Waals surface area contributed by atoms with Crippen molar-refractivity contribution >= 4 is 33.3 Å². The molecule has 0 saturated heterocycles. The summed E-state index contributed by atoms with van der Waals surface area (Å²) < 4.78 is 7.74. The van der Waals surface area contributed by atoms with Gasteiger partial charge < -0.3 is 4.42 Å². The molecule has 1 aliphatic carbocycles. The van der Waals surface area contributed by atoms with Gasteiger partial charge in [-0.1, -0.05) is 36.9 Å². The Kier molecular flexibility index (Phi) is 5.25. The average Bonchev–Trinajstić information content (AvgIpc) is 3.44. The van der Waals surface area contributed by atoms with E-state index >= 15 is 0 Å². The molecular weight excluding hydrogens is 414 g/mol. The van der Waals surface area contributed by atoms with Crippen molar-refractivity contribution in [2.45, 2.75) is 57.0 Å². The van der Waals surface area contributed by atoms with E-state index in [0.29, 0.717) is 18.2 Å². The number of hydrogen-bond acceptors (Lipinski definition) is 6. The highest BCUT2D eigenvalue weighted by Crippen LogP contribution is 2.36. The lowest BCUT2D eigenvalue weighted by Crippen LogP contribution is -2.23. The van der Waals surface area contributed by atoms with Crippen molar-refractivity contribution in [3.05, 3.63) is 62.6 Å². The second-order valence-corrected chi connectivity index (χ2v) is 9.59. The molecule has 5 rings (SSSR count). The van der Waals surface area contributed by atoms with E-state index in [1.165, 1.54) is 10.4 Å². The summed E-state index contributed by atoms with van der Waals surface area (Å²) in [5.74, 6) is 2.06. The monoisotopic (exact) mass is 437 g/mol. The summed E-state index contributed by atoms with van der Waals surface area (Å²) in [7, 11) is 0. The number of thioether (sulfide) groups is 1. The highest BCUT2D eigenvalue weighted by atomic mass is 32.2. The molecule has 0 fully saturated rings. The van der Waals surface area contributed by atoms with Crippen LogP contribution in [0.3, 0.4) is 0 Å². The van der Waals surface area contributed by atoms with Gasteiger partial charge in [-0.05, 0) is 50.3 Å². The Morgan fingerprint density at radius 1 is 1.20 bits per heavy atom. The number of oxazole rings is 1. The maximum Gasteiger partial charge on any atom is 0.263 e. The van der Waals surface area contributed by atoms with Crippen LogP contribution < -0.4 is 5.56 Å². The van der Waals surface area contributed by atoms with Crippen LogP contribution in [-0.2, 0) is 25.1 Å². The molecule has 0 amide bonds. The first kappa shape index (κ1) is 19.6. The Morgan fingerprint density at radius 2 is 2.03 bits per heavy atom. The van der Waals surface area contributed by atoms with Gasteiger partial charge in [0.05, 0.1) is 11.1 Å². The molecule has 1 aromatic carbocycles. The van der Waals surface area contributed by atoms with E-state index in [9.17, 15) is 4.79 Å². The zero-order valence-electron chi connectivity index (χ0n) is 17.1. The maximum atomic E-state index is 13.3. The summed E-state index contributed by atoms with van der Waals surface area (Å²) in [6.07, 6.45) is 4.13. The number of aromatic nitrogens is 3. The van der Waals surface area contributed by atoms with Crippen LogP contribution in [0.4, 0.5) is 0 Å². The van der Waals surface area contributed by atoms with Crippen molar-refractivity contribution in [2.24, 2.45) is 0 Å². The van der Waals surface area contributed by atoms with Gasteiger partial charge in [0, 0.05) is 22.7 Å². The number of fused-ring (bicyclic) bond motifs is 3. The van der Waals surface area contributed by atoms with E-state index in [1.807, 2.05) is 41.8 Å². The Bertz CT molecular complexity index is 1270. The first-order valence-corrected chi connectivity index (χ1v) is 12.2. The largest absolute Gasteiger partial charge is 0.441 e. The highest BCUT2D eigenvalue weighted by molar-refractivity contribution is 7.98. The molecular formula is C23H23N3O2S2. The lowest BCUT2D eigenvalue weighted by atomic mass is 10.2. The first-order valence-electron chi connectivity index (χ1n) is 10.3. The van der Waals surface area contributed by atoms with Crippen molar-refractivity contribution in [1.82, 2.24) is 14.5 Å². The van der Waals surface area contributed by atoms with Gasteiger partial charge >= 0.3 is 0 Å². The number of nitrogens with zero attached hydrogens (tertiary/aromatic N) is 3. The molecule has 4 aromatic rings. The highest BCUT2D eigenvalue weighted by Gasteiger charge is 2.23. The first-order chi connectivity index (χ1) is 14.7. The second-order valence-electron chi connectivity index (χ2n) is 7.57. The molecule has 0 aliphatic heterocycles. The molecule has 154 valence electrons. The van der Waals surface area contributed by atoms with Crippen molar-refractivity contribution in [2.75, 3.05) is 0 Å². The summed E-state index contributed by atoms with van der Waals surface area (Å²) in [5, 5.41) is 1.63. The maximum absolute atomic E-state index is 13.3. The van der Waals surface area contributed by atoms with Crippen LogP contribution in [0.1, 0.15) is 41.7 Å². The SMILES string of the molecule is CCCn1c(SCc2nc(-c3ccccc3)oc2C)nc2sc3c(c2c1=O)CCC3.